The molecule has 0 aliphatic rings. The molecule has 0 aromatic heterocycles. The van der Waals surface area contributed by atoms with Crippen LogP contribution >= 0.6 is 0 Å². The number of carboxylic acids is 1. The van der Waals surface area contributed by atoms with Gasteiger partial charge in [0.1, 0.15) is 11.6 Å². The lowest BCUT2D eigenvalue weighted by atomic mass is 10.0. The van der Waals surface area contributed by atoms with E-state index in [1.165, 1.54) is 6.08 Å². The van der Waals surface area contributed by atoms with Crippen LogP contribution in [0.5, 0.6) is 11.5 Å². The van der Waals surface area contributed by atoms with Gasteiger partial charge in [0.05, 0.1) is 6.61 Å². The van der Waals surface area contributed by atoms with E-state index in [1.54, 1.807) is 31.2 Å². The normalized spacial score (nSPS) is 10.8. The Bertz CT molecular complexity index is 1100. The predicted octanol–water partition coefficient (Wildman–Crippen LogP) is 4.44. The van der Waals surface area contributed by atoms with Gasteiger partial charge in [0.15, 0.2) is 18.1 Å². The molecule has 2 N–H and O–H groups in total. The Balaban J connectivity index is 2.45. The van der Waals surface area contributed by atoms with Crippen molar-refractivity contribution in [3.63, 3.8) is 0 Å². The molecule has 0 atom stereocenters. The number of amides is 1. The summed E-state index contributed by atoms with van der Waals surface area (Å²) in [5.74, 6) is -1.03. The second kappa shape index (κ2) is 11.4. The van der Waals surface area contributed by atoms with Gasteiger partial charge in [0.2, 0.25) is 0 Å². The van der Waals surface area contributed by atoms with E-state index in [4.69, 9.17) is 14.6 Å². The van der Waals surface area contributed by atoms with E-state index in [1.807, 2.05) is 32.0 Å². The maximum Gasteiger partial charge on any atom is 0.341 e. The summed E-state index contributed by atoms with van der Waals surface area (Å²) in [5, 5.41) is 21.3. The van der Waals surface area contributed by atoms with Gasteiger partial charge in [-0.05, 0) is 68.2 Å². The first-order chi connectivity index (χ1) is 15.3. The van der Waals surface area contributed by atoms with Crippen LogP contribution < -0.4 is 14.8 Å². The van der Waals surface area contributed by atoms with Crippen molar-refractivity contribution in [1.82, 2.24) is 0 Å². The third-order valence-electron chi connectivity index (χ3n) is 4.69. The highest BCUT2D eigenvalue weighted by Gasteiger charge is 2.16. The van der Waals surface area contributed by atoms with Crippen molar-refractivity contribution in [2.24, 2.45) is 0 Å². The molecule has 2 aromatic rings. The molecule has 0 spiro atoms. The van der Waals surface area contributed by atoms with Gasteiger partial charge in [-0.2, -0.15) is 5.26 Å². The average molecular weight is 434 g/mol. The predicted molar refractivity (Wildman–Crippen MR) is 123 cm³/mol. The molecule has 0 saturated heterocycles. The minimum atomic E-state index is -1.11. The fourth-order valence-corrected chi connectivity index (χ4v) is 3.03. The smallest absolute Gasteiger partial charge is 0.341 e. The number of nitrogens with one attached hydrogen (secondary N) is 1. The summed E-state index contributed by atoms with van der Waals surface area (Å²) in [6.45, 7) is 9.14. The molecule has 0 saturated carbocycles. The Hall–Kier alpha value is -4.05. The van der Waals surface area contributed by atoms with Gasteiger partial charge in [-0.3, -0.25) is 4.79 Å². The Labute approximate surface area is 187 Å². The number of hydrogen-bond acceptors (Lipinski definition) is 5. The number of aliphatic carboxylic acids is 1. The van der Waals surface area contributed by atoms with Crippen molar-refractivity contribution in [2.75, 3.05) is 18.5 Å². The zero-order valence-corrected chi connectivity index (χ0v) is 18.4. The molecule has 0 bridgehead atoms. The van der Waals surface area contributed by atoms with Crippen LogP contribution in [-0.2, 0) is 16.0 Å². The maximum absolute atomic E-state index is 12.7. The molecule has 0 fully saturated rings. The minimum absolute atomic E-state index is 0.0860. The maximum atomic E-state index is 12.7. The van der Waals surface area contributed by atoms with Crippen LogP contribution in [0.3, 0.4) is 0 Å². The Morgan fingerprint density at radius 1 is 1.25 bits per heavy atom. The van der Waals surface area contributed by atoms with Crippen LogP contribution in [0.2, 0.25) is 0 Å². The van der Waals surface area contributed by atoms with E-state index < -0.39 is 18.5 Å². The number of nitriles is 1. The first-order valence-corrected chi connectivity index (χ1v) is 10.0. The number of nitrogens with zero attached hydrogens (tertiary/aromatic N) is 1. The first kappa shape index (κ1) is 24.2. The summed E-state index contributed by atoms with van der Waals surface area (Å²) in [6.07, 6.45) is 3.48. The lowest BCUT2D eigenvalue weighted by molar-refractivity contribution is -0.139. The first-order valence-electron chi connectivity index (χ1n) is 10.0. The average Bonchev–Trinajstić information content (AvgIpc) is 2.75. The van der Waals surface area contributed by atoms with E-state index in [2.05, 4.69) is 11.9 Å². The Kier molecular flexibility index (Phi) is 8.61. The second-order valence-corrected chi connectivity index (χ2v) is 6.99. The summed E-state index contributed by atoms with van der Waals surface area (Å²) >= 11 is 0. The number of carbonyl (C=O) groups is 2. The quantitative estimate of drug-likeness (QED) is 0.325. The molecule has 32 heavy (non-hydrogen) atoms. The van der Waals surface area contributed by atoms with Gasteiger partial charge in [0.25, 0.3) is 5.91 Å². The lowest BCUT2D eigenvalue weighted by Gasteiger charge is -2.16. The van der Waals surface area contributed by atoms with Crippen molar-refractivity contribution >= 4 is 23.6 Å². The molecule has 0 aliphatic heterocycles. The monoisotopic (exact) mass is 434 g/mol. The highest BCUT2D eigenvalue weighted by Crippen LogP contribution is 2.35. The van der Waals surface area contributed by atoms with Gasteiger partial charge in [-0.25, -0.2) is 4.79 Å². The van der Waals surface area contributed by atoms with E-state index in [0.717, 1.165) is 11.1 Å². The van der Waals surface area contributed by atoms with Crippen LogP contribution in [0.15, 0.2) is 48.6 Å². The summed E-state index contributed by atoms with van der Waals surface area (Å²) in [7, 11) is 0. The number of ether oxygens (including phenoxy) is 2. The zero-order chi connectivity index (χ0) is 23.7. The molecule has 1 amide bonds. The van der Waals surface area contributed by atoms with Crippen molar-refractivity contribution in [3.05, 3.63) is 70.8 Å². The van der Waals surface area contributed by atoms with Crippen LogP contribution in [0, 0.1) is 25.2 Å². The molecule has 0 aliphatic carbocycles. The summed E-state index contributed by atoms with van der Waals surface area (Å²) in [6, 6.07) is 10.8. The number of allylic oxidation sites excluding steroid dienone is 1. The van der Waals surface area contributed by atoms with Gasteiger partial charge in [-0.15, -0.1) is 6.58 Å². The SMILES string of the molecule is C=CCc1cc(/C=C(\C#N)C(=O)Nc2cccc(C)c2C)cc(OCC)c1OCC(=O)O. The third-order valence-corrected chi connectivity index (χ3v) is 4.69. The summed E-state index contributed by atoms with van der Waals surface area (Å²) in [5.41, 5.74) is 3.67. The van der Waals surface area contributed by atoms with Crippen molar-refractivity contribution < 1.29 is 24.2 Å². The van der Waals surface area contributed by atoms with Crippen molar-refractivity contribution in [2.45, 2.75) is 27.2 Å². The topological polar surface area (TPSA) is 109 Å². The van der Waals surface area contributed by atoms with Gasteiger partial charge in [-0.1, -0.05) is 18.2 Å². The van der Waals surface area contributed by atoms with Crippen molar-refractivity contribution in [1.29, 1.82) is 5.26 Å². The molecule has 7 nitrogen and oxygen atoms in total. The largest absolute Gasteiger partial charge is 0.490 e. The van der Waals surface area contributed by atoms with E-state index in [0.29, 0.717) is 41.3 Å². The van der Waals surface area contributed by atoms with E-state index in [9.17, 15) is 14.9 Å². The molecule has 2 rings (SSSR count). The van der Waals surface area contributed by atoms with Gasteiger partial charge in [0, 0.05) is 11.3 Å². The molecule has 2 aromatic carbocycles. The number of hydrogen-bond donors (Lipinski definition) is 2. The highest BCUT2D eigenvalue weighted by atomic mass is 16.5. The van der Waals surface area contributed by atoms with Crippen LogP contribution in [0.1, 0.15) is 29.2 Å². The fraction of sp³-hybridized carbons (Fsp3) is 0.240. The molecule has 7 heteroatoms. The van der Waals surface area contributed by atoms with E-state index >= 15 is 0 Å². The fourth-order valence-electron chi connectivity index (χ4n) is 3.03. The molecule has 0 radical (unpaired) electrons. The molecule has 0 unspecified atom stereocenters. The van der Waals surface area contributed by atoms with Crippen LogP contribution in [0.4, 0.5) is 5.69 Å². The number of benzene rings is 2. The summed E-state index contributed by atoms with van der Waals surface area (Å²) < 4.78 is 11.1. The van der Waals surface area contributed by atoms with E-state index in [-0.39, 0.29) is 5.57 Å². The summed E-state index contributed by atoms with van der Waals surface area (Å²) in [4.78, 5) is 23.7. The number of carboxylic acid groups (broad SMARTS) is 1. The Morgan fingerprint density at radius 3 is 2.62 bits per heavy atom. The number of anilines is 1. The van der Waals surface area contributed by atoms with Crippen LogP contribution in [-0.4, -0.2) is 30.2 Å². The molecule has 0 heterocycles. The Morgan fingerprint density at radius 2 is 2.00 bits per heavy atom. The molecular formula is C25H26N2O5. The second-order valence-electron chi connectivity index (χ2n) is 6.99. The number of rotatable bonds is 10. The zero-order valence-electron chi connectivity index (χ0n) is 18.4. The molecular weight excluding hydrogens is 408 g/mol. The highest BCUT2D eigenvalue weighted by molar-refractivity contribution is 6.10. The van der Waals surface area contributed by atoms with Gasteiger partial charge < -0.3 is 19.9 Å². The third kappa shape index (κ3) is 6.22. The number of carbonyl (C=O) groups excluding carboxylic acids is 1. The molecule has 166 valence electrons. The van der Waals surface area contributed by atoms with Gasteiger partial charge >= 0.3 is 5.97 Å². The lowest BCUT2D eigenvalue weighted by Crippen LogP contribution is -2.14. The minimum Gasteiger partial charge on any atom is -0.490 e. The number of aryl methyl sites for hydroxylation is 1. The van der Waals surface area contributed by atoms with Crippen molar-refractivity contribution in [3.8, 4) is 17.6 Å². The van der Waals surface area contributed by atoms with Crippen LogP contribution in [0.25, 0.3) is 6.08 Å². The standard InChI is InChI=1S/C25H26N2O5/c1-5-8-19-11-18(13-22(31-6-2)24(19)32-15-23(28)29)12-20(14-26)25(30)27-21-10-7-9-16(3)17(21)4/h5,7,9-13H,1,6,8,15H2,2-4H3,(H,27,30)(H,28,29)/b20-12+.